The average molecular weight is 149 g/mol. The van der Waals surface area contributed by atoms with Gasteiger partial charge >= 0.3 is 0 Å². The van der Waals surface area contributed by atoms with Gasteiger partial charge in [-0.25, -0.2) is 0 Å². The van der Waals surface area contributed by atoms with Crippen molar-refractivity contribution in [3.63, 3.8) is 0 Å². The summed E-state index contributed by atoms with van der Waals surface area (Å²) in [6.07, 6.45) is 8.55. The summed E-state index contributed by atoms with van der Waals surface area (Å²) in [5, 5.41) is 0. The molecule has 0 unspecified atom stereocenters. The van der Waals surface area contributed by atoms with E-state index in [1.165, 1.54) is 0 Å². The molecule has 2 nitrogen and oxygen atoms in total. The summed E-state index contributed by atoms with van der Waals surface area (Å²) >= 11 is 0. The van der Waals surface area contributed by atoms with Crippen molar-refractivity contribution in [1.29, 1.82) is 0 Å². The Morgan fingerprint density at radius 3 is 2.73 bits per heavy atom. The van der Waals surface area contributed by atoms with Gasteiger partial charge in [0.25, 0.3) is 0 Å². The predicted molar refractivity (Wildman–Crippen MR) is 43.8 cm³/mol. The third-order valence-electron chi connectivity index (χ3n) is 1.84. The molecule has 1 rings (SSSR count). The summed E-state index contributed by atoms with van der Waals surface area (Å²) in [4.78, 5) is 12.8. The molecule has 2 heteroatoms. The van der Waals surface area contributed by atoms with E-state index >= 15 is 0 Å². The van der Waals surface area contributed by atoms with Crippen LogP contribution >= 0.6 is 0 Å². The van der Waals surface area contributed by atoms with E-state index in [4.69, 9.17) is 6.42 Å². The van der Waals surface area contributed by atoms with Crippen molar-refractivity contribution in [2.75, 3.05) is 6.54 Å². The lowest BCUT2D eigenvalue weighted by atomic mass is 10.1. The minimum atomic E-state index is -0.205. The second-order valence-electron chi connectivity index (χ2n) is 3.12. The zero-order chi connectivity index (χ0) is 8.48. The van der Waals surface area contributed by atoms with Crippen LogP contribution in [0.1, 0.15) is 13.8 Å². The quantitative estimate of drug-likeness (QED) is 0.505. The molecule has 0 saturated heterocycles. The molecule has 0 saturated carbocycles. The summed E-state index contributed by atoms with van der Waals surface area (Å²) in [5.41, 5.74) is -0.205. The third-order valence-corrected chi connectivity index (χ3v) is 1.84. The molecule has 1 amide bonds. The van der Waals surface area contributed by atoms with Crippen molar-refractivity contribution in [1.82, 2.24) is 4.90 Å². The van der Waals surface area contributed by atoms with Crippen LogP contribution in [0.3, 0.4) is 0 Å². The second kappa shape index (κ2) is 2.43. The van der Waals surface area contributed by atoms with Gasteiger partial charge in [0.05, 0.1) is 12.1 Å². The largest absolute Gasteiger partial charge is 0.319 e. The van der Waals surface area contributed by atoms with E-state index in [2.05, 4.69) is 5.92 Å². The molecule has 0 atom stereocenters. The van der Waals surface area contributed by atoms with Gasteiger partial charge in [-0.2, -0.15) is 0 Å². The Kier molecular flexibility index (Phi) is 1.74. The van der Waals surface area contributed by atoms with Gasteiger partial charge < -0.3 is 4.90 Å². The molecule has 0 aromatic rings. The zero-order valence-corrected chi connectivity index (χ0v) is 6.79. The van der Waals surface area contributed by atoms with E-state index in [1.54, 1.807) is 11.0 Å². The number of rotatable bonds is 1. The van der Waals surface area contributed by atoms with E-state index in [1.807, 2.05) is 19.9 Å². The van der Waals surface area contributed by atoms with Crippen molar-refractivity contribution in [2.45, 2.75) is 19.4 Å². The van der Waals surface area contributed by atoms with Crippen LogP contribution in [0.5, 0.6) is 0 Å². The minimum absolute atomic E-state index is 0.00736. The van der Waals surface area contributed by atoms with Gasteiger partial charge in [-0.3, -0.25) is 4.79 Å². The fraction of sp³-hybridized carbons (Fsp3) is 0.444. The van der Waals surface area contributed by atoms with E-state index < -0.39 is 0 Å². The molecule has 0 aliphatic carbocycles. The van der Waals surface area contributed by atoms with Crippen molar-refractivity contribution in [2.24, 2.45) is 0 Å². The monoisotopic (exact) mass is 149 g/mol. The van der Waals surface area contributed by atoms with E-state index in [0.29, 0.717) is 6.54 Å². The number of terminal acetylenes is 1. The van der Waals surface area contributed by atoms with Gasteiger partial charge in [0.2, 0.25) is 5.91 Å². The standard InChI is InChI=1S/C9H11NO/c1-4-7-10-8(11)5-6-9(10,2)3/h1,5-6H,7H2,2-3H3. The number of hydrogen-bond acceptors (Lipinski definition) is 1. The lowest BCUT2D eigenvalue weighted by Crippen LogP contribution is -2.41. The molecule has 0 spiro atoms. The maximum atomic E-state index is 11.1. The smallest absolute Gasteiger partial charge is 0.247 e. The molecule has 0 radical (unpaired) electrons. The van der Waals surface area contributed by atoms with Crippen LogP contribution in [-0.4, -0.2) is 22.9 Å². The van der Waals surface area contributed by atoms with Crippen LogP contribution in [0.2, 0.25) is 0 Å². The van der Waals surface area contributed by atoms with E-state index in [0.717, 1.165) is 0 Å². The summed E-state index contributed by atoms with van der Waals surface area (Å²) in [7, 11) is 0. The molecule has 0 aromatic heterocycles. The van der Waals surface area contributed by atoms with Crippen LogP contribution in [0, 0.1) is 12.3 Å². The van der Waals surface area contributed by atoms with Gasteiger partial charge in [0, 0.05) is 6.08 Å². The summed E-state index contributed by atoms with van der Waals surface area (Å²) < 4.78 is 0. The molecular formula is C9H11NO. The molecule has 0 aromatic carbocycles. The fourth-order valence-electron chi connectivity index (χ4n) is 1.11. The Bertz CT molecular complexity index is 245. The third kappa shape index (κ3) is 1.27. The molecule has 0 bridgehead atoms. The van der Waals surface area contributed by atoms with E-state index in [9.17, 15) is 4.79 Å². The highest BCUT2D eigenvalue weighted by molar-refractivity contribution is 5.91. The normalized spacial score (nSPS) is 20.5. The minimum Gasteiger partial charge on any atom is -0.319 e. The Morgan fingerprint density at radius 1 is 1.73 bits per heavy atom. The first-order valence-corrected chi connectivity index (χ1v) is 3.52. The number of hydrogen-bond donors (Lipinski definition) is 0. The lowest BCUT2D eigenvalue weighted by Gasteiger charge is -2.29. The number of carbonyl (C=O) groups is 1. The zero-order valence-electron chi connectivity index (χ0n) is 6.79. The second-order valence-corrected chi connectivity index (χ2v) is 3.12. The van der Waals surface area contributed by atoms with Gasteiger partial charge in [-0.1, -0.05) is 12.0 Å². The number of nitrogens with zero attached hydrogens (tertiary/aromatic N) is 1. The van der Waals surface area contributed by atoms with Crippen LogP contribution in [-0.2, 0) is 4.79 Å². The summed E-state index contributed by atoms with van der Waals surface area (Å²) in [6, 6.07) is 0. The first-order chi connectivity index (χ1) is 5.08. The van der Waals surface area contributed by atoms with E-state index in [-0.39, 0.29) is 11.4 Å². The molecule has 11 heavy (non-hydrogen) atoms. The van der Waals surface area contributed by atoms with Crippen LogP contribution in [0.25, 0.3) is 0 Å². The average Bonchev–Trinajstić information content (AvgIpc) is 2.16. The molecule has 0 fully saturated rings. The summed E-state index contributed by atoms with van der Waals surface area (Å²) in [5.74, 6) is 2.47. The molecule has 1 heterocycles. The van der Waals surface area contributed by atoms with Gasteiger partial charge in [0.1, 0.15) is 0 Å². The first kappa shape index (κ1) is 7.87. The highest BCUT2D eigenvalue weighted by Gasteiger charge is 2.31. The first-order valence-electron chi connectivity index (χ1n) is 3.52. The van der Waals surface area contributed by atoms with Crippen LogP contribution in [0.15, 0.2) is 12.2 Å². The highest BCUT2D eigenvalue weighted by Crippen LogP contribution is 2.21. The Balaban J connectivity index is 2.80. The molecule has 1 aliphatic rings. The van der Waals surface area contributed by atoms with Gasteiger partial charge in [-0.15, -0.1) is 6.42 Å². The molecular weight excluding hydrogens is 138 g/mol. The van der Waals surface area contributed by atoms with Crippen molar-refractivity contribution < 1.29 is 4.79 Å². The van der Waals surface area contributed by atoms with Crippen molar-refractivity contribution >= 4 is 5.91 Å². The van der Waals surface area contributed by atoms with Crippen LogP contribution < -0.4 is 0 Å². The predicted octanol–water partition coefficient (Wildman–Crippen LogP) is 0.797. The molecule has 0 N–H and O–H groups in total. The maximum Gasteiger partial charge on any atom is 0.247 e. The highest BCUT2D eigenvalue weighted by atomic mass is 16.2. The molecule has 1 aliphatic heterocycles. The van der Waals surface area contributed by atoms with Crippen molar-refractivity contribution in [3.05, 3.63) is 12.2 Å². The lowest BCUT2D eigenvalue weighted by molar-refractivity contribution is -0.127. The summed E-state index contributed by atoms with van der Waals surface area (Å²) in [6.45, 7) is 4.32. The van der Waals surface area contributed by atoms with Gasteiger partial charge in [0.15, 0.2) is 0 Å². The Labute approximate surface area is 66.9 Å². The Morgan fingerprint density at radius 2 is 2.36 bits per heavy atom. The topological polar surface area (TPSA) is 20.3 Å². The van der Waals surface area contributed by atoms with Crippen molar-refractivity contribution in [3.8, 4) is 12.3 Å². The van der Waals surface area contributed by atoms with Crippen LogP contribution in [0.4, 0.5) is 0 Å². The maximum absolute atomic E-state index is 11.1. The SMILES string of the molecule is C#CCN1C(=O)C=CC1(C)C. The Hall–Kier alpha value is -1.23. The number of amides is 1. The van der Waals surface area contributed by atoms with Gasteiger partial charge in [-0.05, 0) is 13.8 Å². The molecule has 58 valence electrons. The number of carbonyl (C=O) groups excluding carboxylic acids is 1. The fourth-order valence-corrected chi connectivity index (χ4v) is 1.11.